The van der Waals surface area contributed by atoms with E-state index >= 15 is 0 Å². The van der Waals surface area contributed by atoms with Crippen molar-refractivity contribution in [3.8, 4) is 11.8 Å². The summed E-state index contributed by atoms with van der Waals surface area (Å²) < 4.78 is 15.3. The van der Waals surface area contributed by atoms with Crippen LogP contribution >= 0.6 is 11.8 Å². The van der Waals surface area contributed by atoms with Crippen molar-refractivity contribution >= 4 is 17.7 Å². The largest absolute Gasteiger partial charge is 0.481 e. The van der Waals surface area contributed by atoms with Crippen LogP contribution in [-0.2, 0) is 9.53 Å². The maximum atomic E-state index is 12.0. The molecule has 0 unspecified atom stereocenters. The van der Waals surface area contributed by atoms with E-state index in [4.69, 9.17) is 14.2 Å². The number of ether oxygens (including phenoxy) is 3. The highest BCUT2D eigenvalue weighted by molar-refractivity contribution is 8.03. The first kappa shape index (κ1) is 17.3. The van der Waals surface area contributed by atoms with E-state index < -0.39 is 0 Å². The molecular weight excluding hydrogens is 292 g/mol. The molecule has 0 aliphatic rings. The first-order chi connectivity index (χ1) is 10.0. The molecule has 0 N–H and O–H groups in total. The van der Waals surface area contributed by atoms with Crippen molar-refractivity contribution in [3.05, 3.63) is 16.5 Å². The molecule has 0 aliphatic heterocycles. The minimum atomic E-state index is -0.368. The van der Waals surface area contributed by atoms with Crippen LogP contribution in [-0.4, -0.2) is 36.8 Å². The molecule has 0 saturated carbocycles. The number of allylic oxidation sites excluding steroid dienone is 1. The van der Waals surface area contributed by atoms with Gasteiger partial charge in [0.15, 0.2) is 5.16 Å². The fourth-order valence-corrected chi connectivity index (χ4v) is 2.30. The molecule has 1 rings (SSSR count). The number of esters is 1. The predicted octanol–water partition coefficient (Wildman–Crippen LogP) is 2.83. The summed E-state index contributed by atoms with van der Waals surface area (Å²) in [5.41, 5.74) is 0.920. The van der Waals surface area contributed by atoms with E-state index in [1.807, 2.05) is 13.8 Å². The van der Waals surface area contributed by atoms with Crippen LogP contribution in [0.1, 0.15) is 27.2 Å². The Labute approximate surface area is 128 Å². The first-order valence-corrected chi connectivity index (χ1v) is 7.39. The monoisotopic (exact) mass is 312 g/mol. The molecule has 0 amide bonds. The van der Waals surface area contributed by atoms with Gasteiger partial charge in [0.2, 0.25) is 11.8 Å². The SMILES string of the molecule is CCOC(=O)C(Sc1nc(OC)cc(OC)n1)=C(C)CC. The van der Waals surface area contributed by atoms with Gasteiger partial charge in [-0.25, -0.2) is 4.79 Å². The van der Waals surface area contributed by atoms with Gasteiger partial charge in [-0.2, -0.15) is 9.97 Å². The summed E-state index contributed by atoms with van der Waals surface area (Å²) in [5, 5.41) is 0.377. The van der Waals surface area contributed by atoms with E-state index in [2.05, 4.69) is 9.97 Å². The number of carbonyl (C=O) groups is 1. The zero-order valence-electron chi connectivity index (χ0n) is 12.9. The lowest BCUT2D eigenvalue weighted by Gasteiger charge is -2.10. The van der Waals surface area contributed by atoms with E-state index in [0.29, 0.717) is 28.4 Å². The maximum Gasteiger partial charge on any atom is 0.345 e. The standard InChI is InChI=1S/C14H20N2O4S/c1-6-9(3)12(13(17)20-7-2)21-14-15-10(18-4)8-11(16-14)19-5/h8H,6-7H2,1-5H3. The smallest absolute Gasteiger partial charge is 0.345 e. The Bertz CT molecular complexity index is 509. The van der Waals surface area contributed by atoms with Crippen molar-refractivity contribution in [1.82, 2.24) is 9.97 Å². The third kappa shape index (κ3) is 4.93. The van der Waals surface area contributed by atoms with Gasteiger partial charge in [-0.3, -0.25) is 0 Å². The molecule has 0 bridgehead atoms. The lowest BCUT2D eigenvalue weighted by Crippen LogP contribution is -2.08. The number of thioether (sulfide) groups is 1. The van der Waals surface area contributed by atoms with Gasteiger partial charge in [-0.1, -0.05) is 12.5 Å². The van der Waals surface area contributed by atoms with Crippen LogP contribution in [0.5, 0.6) is 11.8 Å². The van der Waals surface area contributed by atoms with Crippen LogP contribution < -0.4 is 9.47 Å². The molecular formula is C14H20N2O4S. The molecule has 0 atom stereocenters. The number of carbonyl (C=O) groups excluding carboxylic acids is 1. The van der Waals surface area contributed by atoms with Gasteiger partial charge >= 0.3 is 5.97 Å². The summed E-state index contributed by atoms with van der Waals surface area (Å²) >= 11 is 1.15. The lowest BCUT2D eigenvalue weighted by molar-refractivity contribution is -0.137. The van der Waals surface area contributed by atoms with Gasteiger partial charge in [0.1, 0.15) is 0 Å². The molecule has 0 saturated heterocycles. The number of methoxy groups -OCH3 is 2. The molecule has 1 heterocycles. The van der Waals surface area contributed by atoms with Crippen molar-refractivity contribution in [1.29, 1.82) is 0 Å². The van der Waals surface area contributed by atoms with Crippen molar-refractivity contribution in [2.75, 3.05) is 20.8 Å². The van der Waals surface area contributed by atoms with E-state index in [0.717, 1.165) is 23.8 Å². The minimum absolute atomic E-state index is 0.322. The van der Waals surface area contributed by atoms with Crippen LogP contribution in [0, 0.1) is 0 Å². The number of nitrogens with zero attached hydrogens (tertiary/aromatic N) is 2. The summed E-state index contributed by atoms with van der Waals surface area (Å²) in [5.74, 6) is 0.385. The third-order valence-corrected chi connectivity index (χ3v) is 3.73. The average Bonchev–Trinajstić information content (AvgIpc) is 2.51. The molecule has 7 heteroatoms. The molecule has 0 aromatic carbocycles. The second kappa shape index (κ2) is 8.51. The second-order valence-electron chi connectivity index (χ2n) is 4.02. The van der Waals surface area contributed by atoms with Crippen molar-refractivity contribution < 1.29 is 19.0 Å². The highest BCUT2D eigenvalue weighted by atomic mass is 32.2. The quantitative estimate of drug-likeness (QED) is 0.332. The fourth-order valence-electron chi connectivity index (χ4n) is 1.39. The minimum Gasteiger partial charge on any atom is -0.481 e. The number of hydrogen-bond donors (Lipinski definition) is 0. The lowest BCUT2D eigenvalue weighted by atomic mass is 10.2. The van der Waals surface area contributed by atoms with E-state index in [-0.39, 0.29) is 5.97 Å². The molecule has 0 fully saturated rings. The third-order valence-electron chi connectivity index (χ3n) is 2.65. The van der Waals surface area contributed by atoms with Gasteiger partial charge < -0.3 is 14.2 Å². The van der Waals surface area contributed by atoms with Gasteiger partial charge in [0.25, 0.3) is 0 Å². The van der Waals surface area contributed by atoms with Crippen molar-refractivity contribution in [3.63, 3.8) is 0 Å². The van der Waals surface area contributed by atoms with Crippen molar-refractivity contribution in [2.45, 2.75) is 32.3 Å². The van der Waals surface area contributed by atoms with Crippen molar-refractivity contribution in [2.24, 2.45) is 0 Å². The summed E-state index contributed by atoms with van der Waals surface area (Å²) in [4.78, 5) is 20.9. The summed E-state index contributed by atoms with van der Waals surface area (Å²) in [6, 6.07) is 1.57. The van der Waals surface area contributed by atoms with Gasteiger partial charge in [0.05, 0.1) is 31.8 Å². The first-order valence-electron chi connectivity index (χ1n) is 6.57. The molecule has 1 aromatic heterocycles. The predicted molar refractivity (Wildman–Crippen MR) is 80.6 cm³/mol. The molecule has 6 nitrogen and oxygen atoms in total. The molecule has 0 aliphatic carbocycles. The second-order valence-corrected chi connectivity index (χ2v) is 5.00. The van der Waals surface area contributed by atoms with Gasteiger partial charge in [-0.15, -0.1) is 0 Å². The Balaban J connectivity index is 3.12. The average molecular weight is 312 g/mol. The summed E-state index contributed by atoms with van der Waals surface area (Å²) in [6.45, 7) is 5.95. The number of aromatic nitrogens is 2. The topological polar surface area (TPSA) is 70.5 Å². The zero-order valence-corrected chi connectivity index (χ0v) is 13.7. The van der Waals surface area contributed by atoms with Crippen LogP contribution in [0.3, 0.4) is 0 Å². The molecule has 0 radical (unpaired) electrons. The number of hydrogen-bond acceptors (Lipinski definition) is 7. The number of rotatable bonds is 7. The maximum absolute atomic E-state index is 12.0. The van der Waals surface area contributed by atoms with Crippen LogP contribution in [0.2, 0.25) is 0 Å². The van der Waals surface area contributed by atoms with Crippen LogP contribution in [0.25, 0.3) is 0 Å². The van der Waals surface area contributed by atoms with E-state index in [9.17, 15) is 4.79 Å². The molecule has 0 spiro atoms. The molecule has 21 heavy (non-hydrogen) atoms. The van der Waals surface area contributed by atoms with E-state index in [1.54, 1.807) is 13.0 Å². The van der Waals surface area contributed by atoms with Gasteiger partial charge in [0, 0.05) is 0 Å². The Morgan fingerprint density at radius 2 is 1.76 bits per heavy atom. The summed E-state index contributed by atoms with van der Waals surface area (Å²) in [6.07, 6.45) is 0.738. The van der Waals surface area contributed by atoms with Crippen LogP contribution in [0.15, 0.2) is 21.7 Å². The molecule has 1 aromatic rings. The Morgan fingerprint density at radius 1 is 1.19 bits per heavy atom. The zero-order chi connectivity index (χ0) is 15.8. The Kier molecular flexibility index (Phi) is 7.01. The van der Waals surface area contributed by atoms with E-state index in [1.165, 1.54) is 14.2 Å². The molecule has 116 valence electrons. The normalized spacial score (nSPS) is 11.7. The summed E-state index contributed by atoms with van der Waals surface area (Å²) in [7, 11) is 3.02. The highest BCUT2D eigenvalue weighted by Crippen LogP contribution is 2.31. The van der Waals surface area contributed by atoms with Gasteiger partial charge in [-0.05, 0) is 32.0 Å². The fraction of sp³-hybridized carbons (Fsp3) is 0.500. The Hall–Kier alpha value is -1.76. The Morgan fingerprint density at radius 3 is 2.19 bits per heavy atom. The highest BCUT2D eigenvalue weighted by Gasteiger charge is 2.18. The van der Waals surface area contributed by atoms with Crippen LogP contribution in [0.4, 0.5) is 0 Å².